The number of aromatic nitrogens is 5. The molecule has 4 rings (SSSR count). The second-order valence-electron chi connectivity index (χ2n) is 8.22. The number of thiazole rings is 1. The molecule has 0 aliphatic rings. The van der Waals surface area contributed by atoms with E-state index in [0.717, 1.165) is 29.5 Å². The molecule has 0 radical (unpaired) electrons. The third-order valence-corrected chi connectivity index (χ3v) is 8.25. The topological polar surface area (TPSA) is 157 Å². The summed E-state index contributed by atoms with van der Waals surface area (Å²) in [4.78, 5) is 45.2. The first-order valence-corrected chi connectivity index (χ1v) is 13.8. The van der Waals surface area contributed by atoms with E-state index in [-0.39, 0.29) is 22.3 Å². The van der Waals surface area contributed by atoms with Crippen molar-refractivity contribution in [3.63, 3.8) is 0 Å². The van der Waals surface area contributed by atoms with E-state index in [1.54, 1.807) is 19.3 Å². The number of sulfone groups is 1. The van der Waals surface area contributed by atoms with Crippen LogP contribution in [-0.4, -0.2) is 50.4 Å². The fourth-order valence-corrected chi connectivity index (χ4v) is 5.36. The lowest BCUT2D eigenvalue weighted by Gasteiger charge is -2.14. The Kier molecular flexibility index (Phi) is 8.35. The van der Waals surface area contributed by atoms with E-state index in [1.165, 1.54) is 44.0 Å². The van der Waals surface area contributed by atoms with E-state index >= 15 is 0 Å². The largest absolute Gasteiger partial charge is 0.368 e. The number of nitrogens with one attached hydrogen (secondary N) is 2. The molecule has 2 N–H and O–H groups in total. The van der Waals surface area contributed by atoms with Crippen LogP contribution in [0.4, 0.5) is 14.5 Å². The van der Waals surface area contributed by atoms with Crippen molar-refractivity contribution < 1.29 is 26.8 Å². The van der Waals surface area contributed by atoms with E-state index < -0.39 is 37.8 Å². The van der Waals surface area contributed by atoms with Gasteiger partial charge in [-0.05, 0) is 44.2 Å². The van der Waals surface area contributed by atoms with Gasteiger partial charge in [0.05, 0.1) is 22.8 Å². The number of rotatable bonds is 9. The van der Waals surface area contributed by atoms with Crippen molar-refractivity contribution in [1.82, 2.24) is 30.2 Å². The molecule has 3 aromatic heterocycles. The van der Waals surface area contributed by atoms with Crippen molar-refractivity contribution in [3.05, 3.63) is 89.3 Å². The van der Waals surface area contributed by atoms with Crippen LogP contribution in [0.25, 0.3) is 11.3 Å². The van der Waals surface area contributed by atoms with Gasteiger partial charge in [0.1, 0.15) is 28.2 Å². The highest BCUT2D eigenvalue weighted by molar-refractivity contribution is 7.92. The lowest BCUT2D eigenvalue weighted by molar-refractivity contribution is 0.0934. The molecule has 0 aliphatic heterocycles. The molecule has 15 heteroatoms. The van der Waals surface area contributed by atoms with Gasteiger partial charge in [-0.25, -0.2) is 33.3 Å². The molecule has 0 fully saturated rings. The Bertz CT molecular complexity index is 1680. The summed E-state index contributed by atoms with van der Waals surface area (Å²) in [5.74, 6) is -1.13. The lowest BCUT2D eigenvalue weighted by Crippen LogP contribution is -2.27. The number of allylic oxidation sites excluding steroid dienone is 1. The van der Waals surface area contributed by atoms with Gasteiger partial charge in [-0.3, -0.25) is 9.59 Å². The highest BCUT2D eigenvalue weighted by atomic mass is 32.2. The molecule has 0 bridgehead atoms. The maximum absolute atomic E-state index is 14.1. The molecule has 2 amide bonds. The third kappa shape index (κ3) is 6.21. The van der Waals surface area contributed by atoms with Crippen LogP contribution in [0.2, 0.25) is 0 Å². The summed E-state index contributed by atoms with van der Waals surface area (Å²) in [6, 6.07) is 5.48. The molecule has 1 atom stereocenters. The van der Waals surface area contributed by atoms with Gasteiger partial charge in [0, 0.05) is 23.6 Å². The summed E-state index contributed by atoms with van der Waals surface area (Å²) >= 11 is 0.992. The molecule has 0 spiro atoms. The maximum atomic E-state index is 14.1. The normalized spacial score (nSPS) is 12.7. The highest BCUT2D eigenvalue weighted by Crippen LogP contribution is 2.32. The number of hydrogen-bond donors (Lipinski definition) is 2. The summed E-state index contributed by atoms with van der Waals surface area (Å²) < 4.78 is 52.9. The number of benzene rings is 1. The quantitative estimate of drug-likeness (QED) is 0.276. The summed E-state index contributed by atoms with van der Waals surface area (Å²) in [5, 5.41) is 1.54. The Morgan fingerprint density at radius 3 is 2.50 bits per heavy atom. The molecule has 0 saturated heterocycles. The number of hydrogen-bond acceptors (Lipinski definition) is 10. The number of halogens is 2. The first kappa shape index (κ1) is 28.5. The van der Waals surface area contributed by atoms with Crippen molar-refractivity contribution in [2.24, 2.45) is 0 Å². The van der Waals surface area contributed by atoms with E-state index in [9.17, 15) is 26.8 Å². The minimum Gasteiger partial charge on any atom is -0.342 e. The van der Waals surface area contributed by atoms with Crippen molar-refractivity contribution in [3.8, 4) is 11.3 Å². The number of alkyl halides is 2. The summed E-state index contributed by atoms with van der Waals surface area (Å²) in [7, 11) is -5.02. The average molecular weight is 586 g/mol. The minimum absolute atomic E-state index is 0.00189. The Hall–Kier alpha value is -4.50. The van der Waals surface area contributed by atoms with Gasteiger partial charge in [0.15, 0.2) is 0 Å². The van der Waals surface area contributed by atoms with Gasteiger partial charge in [-0.2, -0.15) is 8.78 Å². The molecule has 4 aromatic rings. The second-order valence-corrected chi connectivity index (χ2v) is 11.3. The Morgan fingerprint density at radius 2 is 1.77 bits per heavy atom. The van der Waals surface area contributed by atoms with Crippen molar-refractivity contribution in [2.45, 2.75) is 30.0 Å². The number of amides is 2. The molecule has 206 valence electrons. The Balaban J connectivity index is 1.44. The van der Waals surface area contributed by atoms with Gasteiger partial charge in [0.25, 0.3) is 11.8 Å². The van der Waals surface area contributed by atoms with Crippen LogP contribution < -0.4 is 10.6 Å². The Morgan fingerprint density at radius 1 is 1.02 bits per heavy atom. The number of carbonyl (C=O) groups excluding carboxylic acids is 2. The number of carbonyl (C=O) groups is 2. The molecular weight excluding hydrogens is 564 g/mol. The van der Waals surface area contributed by atoms with Crippen molar-refractivity contribution >= 4 is 38.7 Å². The van der Waals surface area contributed by atoms with Crippen LogP contribution in [0, 0.1) is 0 Å². The van der Waals surface area contributed by atoms with Crippen molar-refractivity contribution in [2.75, 3.05) is 5.32 Å². The van der Waals surface area contributed by atoms with Gasteiger partial charge < -0.3 is 10.6 Å². The Labute approximate surface area is 231 Å². The van der Waals surface area contributed by atoms with Crippen LogP contribution in [0.3, 0.4) is 0 Å². The monoisotopic (exact) mass is 585 g/mol. The van der Waals surface area contributed by atoms with Crippen LogP contribution in [0.1, 0.15) is 45.1 Å². The molecule has 3 heterocycles. The van der Waals surface area contributed by atoms with E-state index in [4.69, 9.17) is 0 Å². The van der Waals surface area contributed by atoms with E-state index in [2.05, 4.69) is 35.6 Å². The zero-order valence-corrected chi connectivity index (χ0v) is 22.6. The first-order chi connectivity index (χ1) is 19.0. The zero-order chi connectivity index (χ0) is 28.9. The molecule has 40 heavy (non-hydrogen) atoms. The number of nitrogens with zero attached hydrogens (tertiary/aromatic N) is 5. The average Bonchev–Trinajstić information content (AvgIpc) is 3.45. The molecule has 0 saturated carbocycles. The summed E-state index contributed by atoms with van der Waals surface area (Å²) in [6.07, 6.45) is 8.24. The second kappa shape index (κ2) is 11.7. The van der Waals surface area contributed by atoms with Crippen LogP contribution >= 0.6 is 11.3 Å². The fraction of sp³-hybridized carbons (Fsp3) is 0.160. The fourth-order valence-electron chi connectivity index (χ4n) is 3.37. The molecule has 0 aliphatic carbocycles. The van der Waals surface area contributed by atoms with Crippen LogP contribution in [-0.2, 0) is 9.84 Å². The summed E-state index contributed by atoms with van der Waals surface area (Å²) in [6.45, 7) is 2.95. The third-order valence-electron chi connectivity index (χ3n) is 5.34. The molecule has 1 unspecified atom stereocenters. The maximum Gasteiger partial charge on any atom is 0.368 e. The smallest absolute Gasteiger partial charge is 0.342 e. The highest BCUT2D eigenvalue weighted by Gasteiger charge is 2.43. The first-order valence-electron chi connectivity index (χ1n) is 11.5. The number of anilines is 1. The van der Waals surface area contributed by atoms with Gasteiger partial charge in [-0.15, -0.1) is 11.3 Å². The molecular formula is C25H21F2N7O4S2. The van der Waals surface area contributed by atoms with Crippen LogP contribution in [0.5, 0.6) is 0 Å². The lowest BCUT2D eigenvalue weighted by atomic mass is 10.2. The van der Waals surface area contributed by atoms with E-state index in [1.807, 2.05) is 0 Å². The van der Waals surface area contributed by atoms with Crippen LogP contribution in [0.15, 0.2) is 78.6 Å². The summed E-state index contributed by atoms with van der Waals surface area (Å²) in [5.41, 5.74) is 1.17. The molecule has 11 nitrogen and oxygen atoms in total. The van der Waals surface area contributed by atoms with Gasteiger partial charge >= 0.3 is 5.25 Å². The predicted molar refractivity (Wildman–Crippen MR) is 142 cm³/mol. The SMILES string of the molecule is C/C=C/C(F)(F)S(=O)(=O)c1cccc(NC(=O)c2cnc(C(C)NC(=O)c3cc(-c4cncnc4)ncn3)s2)c1. The standard InChI is InChI=1S/C25H21F2N7O4S2/c1-3-7-25(26,27)40(37,38)18-6-4-5-17(8-18)34-23(36)21-12-30-24(39-21)15(2)33-22(35)20-9-19(31-14-32-20)16-10-28-13-29-11-16/h3-15H,1-2H3,(H,33,35)(H,34,36)/b7-3+. The molecule has 1 aromatic carbocycles. The van der Waals surface area contributed by atoms with Crippen molar-refractivity contribution in [1.29, 1.82) is 0 Å². The minimum atomic E-state index is -5.02. The predicted octanol–water partition coefficient (Wildman–Crippen LogP) is 4.08. The van der Waals surface area contributed by atoms with Gasteiger partial charge in [-0.1, -0.05) is 12.1 Å². The van der Waals surface area contributed by atoms with E-state index in [0.29, 0.717) is 16.3 Å². The zero-order valence-electron chi connectivity index (χ0n) is 20.9. The van der Waals surface area contributed by atoms with Gasteiger partial charge in [0.2, 0.25) is 9.84 Å².